The quantitative estimate of drug-likeness (QED) is 0.851. The van der Waals surface area contributed by atoms with Crippen LogP contribution in [0.2, 0.25) is 0 Å². The van der Waals surface area contributed by atoms with Crippen molar-refractivity contribution in [3.8, 4) is 11.6 Å². The van der Waals surface area contributed by atoms with Gasteiger partial charge in [-0.1, -0.05) is 19.9 Å². The molecule has 0 saturated heterocycles. The summed E-state index contributed by atoms with van der Waals surface area (Å²) in [6, 6.07) is 7.20. The topological polar surface area (TPSA) is 67.4 Å². The first kappa shape index (κ1) is 15.9. The number of carbonyl (C=O) groups is 1. The number of rotatable bonds is 7. The third-order valence-corrected chi connectivity index (χ3v) is 3.14. The molecule has 0 aliphatic heterocycles. The fourth-order valence-corrected chi connectivity index (χ4v) is 1.95. The third kappa shape index (κ3) is 4.82. The second-order valence-electron chi connectivity index (χ2n) is 4.68. The molecular weight excluding hydrogens is 280 g/mol. The first-order valence-corrected chi connectivity index (χ1v) is 7.27. The van der Waals surface area contributed by atoms with Gasteiger partial charge < -0.3 is 10.1 Å². The molecule has 0 fully saturated rings. The van der Waals surface area contributed by atoms with Crippen molar-refractivity contribution >= 4 is 11.6 Å². The Labute approximate surface area is 130 Å². The second-order valence-corrected chi connectivity index (χ2v) is 4.68. The molecule has 0 atom stereocenters. The summed E-state index contributed by atoms with van der Waals surface area (Å²) in [6.07, 6.45) is 4.67. The number of nitrogens with one attached hydrogen (secondary N) is 1. The number of carbonyl (C=O) groups excluding carboxylic acids is 1. The van der Waals surface area contributed by atoms with Crippen molar-refractivity contribution in [1.82, 2.24) is 14.9 Å². The molecule has 1 heterocycles. The molecule has 6 nitrogen and oxygen atoms in total. The number of aromatic nitrogens is 2. The van der Waals surface area contributed by atoms with Gasteiger partial charge in [0.05, 0.1) is 12.7 Å². The maximum absolute atomic E-state index is 12.0. The minimum atomic E-state index is -0.0413. The molecule has 116 valence electrons. The molecule has 0 aliphatic rings. The number of hydrogen-bond acceptors (Lipinski definition) is 5. The Kier molecular flexibility index (Phi) is 5.85. The highest BCUT2D eigenvalue weighted by Gasteiger charge is 2.08. The Hall–Kier alpha value is -2.47. The largest absolute Gasteiger partial charge is 0.437 e. The van der Waals surface area contributed by atoms with E-state index in [0.29, 0.717) is 23.9 Å². The molecule has 22 heavy (non-hydrogen) atoms. The molecule has 1 amide bonds. The van der Waals surface area contributed by atoms with Crippen molar-refractivity contribution < 1.29 is 9.53 Å². The highest BCUT2D eigenvalue weighted by molar-refractivity contribution is 5.92. The lowest BCUT2D eigenvalue weighted by molar-refractivity contribution is -0.117. The van der Waals surface area contributed by atoms with Gasteiger partial charge in [-0.3, -0.25) is 14.7 Å². The summed E-state index contributed by atoms with van der Waals surface area (Å²) in [5, 5.41) is 2.87. The highest BCUT2D eigenvalue weighted by Crippen LogP contribution is 2.21. The lowest BCUT2D eigenvalue weighted by Crippen LogP contribution is -2.32. The van der Waals surface area contributed by atoms with Crippen molar-refractivity contribution in [2.24, 2.45) is 0 Å². The first-order valence-electron chi connectivity index (χ1n) is 7.27. The summed E-state index contributed by atoms with van der Waals surface area (Å²) in [7, 11) is 0. The molecule has 0 saturated carbocycles. The minimum absolute atomic E-state index is 0.0413. The average molecular weight is 300 g/mol. The summed E-state index contributed by atoms with van der Waals surface area (Å²) in [5.41, 5.74) is 0.693. The van der Waals surface area contributed by atoms with Gasteiger partial charge in [0, 0.05) is 24.1 Å². The second kappa shape index (κ2) is 8.09. The summed E-state index contributed by atoms with van der Waals surface area (Å²) >= 11 is 0. The zero-order valence-electron chi connectivity index (χ0n) is 12.8. The van der Waals surface area contributed by atoms with Gasteiger partial charge in [-0.2, -0.15) is 0 Å². The van der Waals surface area contributed by atoms with Gasteiger partial charge in [0.25, 0.3) is 0 Å². The Morgan fingerprint density at radius 3 is 2.77 bits per heavy atom. The Morgan fingerprint density at radius 2 is 2.09 bits per heavy atom. The fourth-order valence-electron chi connectivity index (χ4n) is 1.95. The molecule has 0 unspecified atom stereocenters. The molecule has 0 spiro atoms. The highest BCUT2D eigenvalue weighted by atomic mass is 16.5. The van der Waals surface area contributed by atoms with Crippen LogP contribution in [-0.2, 0) is 4.79 Å². The summed E-state index contributed by atoms with van der Waals surface area (Å²) < 4.78 is 5.59. The van der Waals surface area contributed by atoms with Gasteiger partial charge in [0.15, 0.2) is 0 Å². The minimum Gasteiger partial charge on any atom is -0.437 e. The number of likely N-dealkylation sites (N-methyl/N-ethyl adjacent to an activating group) is 1. The van der Waals surface area contributed by atoms with Crippen LogP contribution in [0.4, 0.5) is 5.69 Å². The SMILES string of the molecule is CCN(CC)CC(=O)Nc1cccc(Oc2cnccn2)c1. The molecule has 6 heteroatoms. The van der Waals surface area contributed by atoms with Crippen molar-refractivity contribution in [3.63, 3.8) is 0 Å². The lowest BCUT2D eigenvalue weighted by Gasteiger charge is -2.17. The van der Waals surface area contributed by atoms with E-state index in [1.165, 1.54) is 6.20 Å². The first-order chi connectivity index (χ1) is 10.7. The van der Waals surface area contributed by atoms with E-state index in [-0.39, 0.29) is 5.91 Å². The zero-order chi connectivity index (χ0) is 15.8. The van der Waals surface area contributed by atoms with Crippen LogP contribution in [-0.4, -0.2) is 40.4 Å². The van der Waals surface area contributed by atoms with E-state index in [1.807, 2.05) is 26.0 Å². The van der Waals surface area contributed by atoms with Crippen LogP contribution in [0.25, 0.3) is 0 Å². The van der Waals surface area contributed by atoms with Gasteiger partial charge in [0.1, 0.15) is 5.75 Å². The standard InChI is InChI=1S/C16H20N4O2/c1-3-20(4-2)12-15(21)19-13-6-5-7-14(10-13)22-16-11-17-8-9-18-16/h5-11H,3-4,12H2,1-2H3,(H,19,21). The van der Waals surface area contributed by atoms with Crippen LogP contribution in [0.3, 0.4) is 0 Å². The molecule has 1 N–H and O–H groups in total. The summed E-state index contributed by atoms with van der Waals surface area (Å²) in [4.78, 5) is 22.0. The van der Waals surface area contributed by atoms with Crippen LogP contribution < -0.4 is 10.1 Å². The number of benzene rings is 1. The number of anilines is 1. The van der Waals surface area contributed by atoms with E-state index in [0.717, 1.165) is 13.1 Å². The van der Waals surface area contributed by atoms with E-state index in [9.17, 15) is 4.79 Å². The van der Waals surface area contributed by atoms with Gasteiger partial charge in [0.2, 0.25) is 11.8 Å². The maximum atomic E-state index is 12.0. The predicted molar refractivity (Wildman–Crippen MR) is 85.0 cm³/mol. The van der Waals surface area contributed by atoms with Gasteiger partial charge in [-0.25, -0.2) is 4.98 Å². The van der Waals surface area contributed by atoms with E-state index in [4.69, 9.17) is 4.74 Å². The van der Waals surface area contributed by atoms with E-state index < -0.39 is 0 Å². The van der Waals surface area contributed by atoms with E-state index >= 15 is 0 Å². The fraction of sp³-hybridized carbons (Fsp3) is 0.312. The van der Waals surface area contributed by atoms with Crippen molar-refractivity contribution in [1.29, 1.82) is 0 Å². The van der Waals surface area contributed by atoms with E-state index in [2.05, 4.69) is 20.2 Å². The maximum Gasteiger partial charge on any atom is 0.238 e. The molecule has 2 rings (SSSR count). The van der Waals surface area contributed by atoms with Crippen LogP contribution in [0.15, 0.2) is 42.9 Å². The third-order valence-electron chi connectivity index (χ3n) is 3.14. The molecule has 1 aromatic heterocycles. The van der Waals surface area contributed by atoms with Crippen LogP contribution in [0.5, 0.6) is 11.6 Å². The predicted octanol–water partition coefficient (Wildman–Crippen LogP) is 2.55. The molecular formula is C16H20N4O2. The lowest BCUT2D eigenvalue weighted by atomic mass is 10.3. The Balaban J connectivity index is 1.98. The molecule has 2 aromatic rings. The van der Waals surface area contributed by atoms with Crippen molar-refractivity contribution in [3.05, 3.63) is 42.9 Å². The van der Waals surface area contributed by atoms with Crippen molar-refractivity contribution in [2.75, 3.05) is 25.0 Å². The normalized spacial score (nSPS) is 10.5. The Morgan fingerprint density at radius 1 is 1.27 bits per heavy atom. The van der Waals surface area contributed by atoms with Gasteiger partial charge >= 0.3 is 0 Å². The zero-order valence-corrected chi connectivity index (χ0v) is 12.8. The monoisotopic (exact) mass is 300 g/mol. The van der Waals surface area contributed by atoms with Crippen LogP contribution in [0.1, 0.15) is 13.8 Å². The number of nitrogens with zero attached hydrogens (tertiary/aromatic N) is 3. The summed E-state index contributed by atoms with van der Waals surface area (Å²) in [6.45, 7) is 6.14. The molecule has 1 aromatic carbocycles. The summed E-state index contributed by atoms with van der Waals surface area (Å²) in [5.74, 6) is 0.968. The molecule has 0 bridgehead atoms. The molecule has 0 radical (unpaired) electrons. The Bertz CT molecular complexity index is 600. The van der Waals surface area contributed by atoms with Gasteiger partial charge in [-0.15, -0.1) is 0 Å². The number of ether oxygens (including phenoxy) is 1. The van der Waals surface area contributed by atoms with Gasteiger partial charge in [-0.05, 0) is 25.2 Å². The molecule has 0 aliphatic carbocycles. The van der Waals surface area contributed by atoms with Crippen LogP contribution >= 0.6 is 0 Å². The number of hydrogen-bond donors (Lipinski definition) is 1. The average Bonchev–Trinajstić information content (AvgIpc) is 2.54. The number of amides is 1. The van der Waals surface area contributed by atoms with E-state index in [1.54, 1.807) is 24.5 Å². The van der Waals surface area contributed by atoms with Crippen LogP contribution in [0, 0.1) is 0 Å². The smallest absolute Gasteiger partial charge is 0.238 e. The van der Waals surface area contributed by atoms with Crippen molar-refractivity contribution in [2.45, 2.75) is 13.8 Å².